The lowest BCUT2D eigenvalue weighted by atomic mass is 10.4. The topological polar surface area (TPSA) is 67.4 Å². The molecule has 0 fully saturated rings. The van der Waals surface area contributed by atoms with Gasteiger partial charge in [-0.2, -0.15) is 0 Å². The average molecular weight is 252 g/mol. The summed E-state index contributed by atoms with van der Waals surface area (Å²) in [5.41, 5.74) is 0. The number of rotatable bonds is 11. The standard InChI is InChI=1S/C10H24N2O3S/c1-3-8-15-9-5-6-12-16(13,14)10-7-11-4-2/h11-12H,3-10H2,1-2H3. The molecule has 0 rings (SSSR count). The SMILES string of the molecule is CCCOCCCNS(=O)(=O)CCNCC. The summed E-state index contributed by atoms with van der Waals surface area (Å²) in [7, 11) is -3.11. The van der Waals surface area contributed by atoms with Gasteiger partial charge < -0.3 is 10.1 Å². The van der Waals surface area contributed by atoms with Crippen molar-refractivity contribution < 1.29 is 13.2 Å². The zero-order chi connectivity index (χ0) is 12.3. The molecule has 0 heterocycles. The Morgan fingerprint density at radius 1 is 1.12 bits per heavy atom. The van der Waals surface area contributed by atoms with Crippen LogP contribution < -0.4 is 10.0 Å². The second kappa shape index (κ2) is 10.0. The average Bonchev–Trinajstić information content (AvgIpc) is 2.23. The molecule has 0 spiro atoms. The second-order valence-electron chi connectivity index (χ2n) is 3.53. The van der Waals surface area contributed by atoms with Gasteiger partial charge in [-0.05, 0) is 19.4 Å². The van der Waals surface area contributed by atoms with E-state index in [1.165, 1.54) is 0 Å². The Morgan fingerprint density at radius 3 is 2.50 bits per heavy atom. The van der Waals surface area contributed by atoms with E-state index in [1.54, 1.807) is 0 Å². The van der Waals surface area contributed by atoms with Crippen LogP contribution in [0.1, 0.15) is 26.7 Å². The lowest BCUT2D eigenvalue weighted by Crippen LogP contribution is -2.32. The van der Waals surface area contributed by atoms with E-state index >= 15 is 0 Å². The maximum Gasteiger partial charge on any atom is 0.212 e. The zero-order valence-electron chi connectivity index (χ0n) is 10.3. The van der Waals surface area contributed by atoms with Crippen LogP contribution in [-0.4, -0.2) is 47.0 Å². The molecule has 0 unspecified atom stereocenters. The van der Waals surface area contributed by atoms with Gasteiger partial charge in [-0.3, -0.25) is 0 Å². The van der Waals surface area contributed by atoms with Gasteiger partial charge in [0, 0.05) is 26.3 Å². The summed E-state index contributed by atoms with van der Waals surface area (Å²) in [6.45, 7) is 7.10. The number of ether oxygens (including phenoxy) is 1. The Kier molecular flexibility index (Phi) is 9.91. The molecule has 0 aromatic heterocycles. The van der Waals surface area contributed by atoms with Crippen molar-refractivity contribution in [2.75, 3.05) is 38.6 Å². The Labute approximate surface area is 99.0 Å². The maximum absolute atomic E-state index is 11.4. The largest absolute Gasteiger partial charge is 0.381 e. The smallest absolute Gasteiger partial charge is 0.212 e. The van der Waals surface area contributed by atoms with E-state index in [4.69, 9.17) is 4.74 Å². The molecule has 0 saturated heterocycles. The summed E-state index contributed by atoms with van der Waals surface area (Å²) in [5, 5.41) is 2.98. The molecule has 0 aromatic carbocycles. The molecule has 0 atom stereocenters. The number of hydrogen-bond donors (Lipinski definition) is 2. The first kappa shape index (κ1) is 15.8. The minimum Gasteiger partial charge on any atom is -0.381 e. The zero-order valence-corrected chi connectivity index (χ0v) is 11.1. The van der Waals surface area contributed by atoms with Crippen LogP contribution in [0.25, 0.3) is 0 Å². The van der Waals surface area contributed by atoms with E-state index in [2.05, 4.69) is 10.0 Å². The van der Waals surface area contributed by atoms with Crippen LogP contribution in [-0.2, 0) is 14.8 Å². The van der Waals surface area contributed by atoms with Crippen LogP contribution >= 0.6 is 0 Å². The molecule has 5 nitrogen and oxygen atoms in total. The van der Waals surface area contributed by atoms with Crippen molar-refractivity contribution in [2.45, 2.75) is 26.7 Å². The molecule has 0 saturated carbocycles. The van der Waals surface area contributed by atoms with Gasteiger partial charge in [0.2, 0.25) is 10.0 Å². The molecule has 16 heavy (non-hydrogen) atoms. The maximum atomic E-state index is 11.4. The first-order valence-electron chi connectivity index (χ1n) is 5.88. The molecular weight excluding hydrogens is 228 g/mol. The van der Waals surface area contributed by atoms with Crippen molar-refractivity contribution >= 4 is 10.0 Å². The highest BCUT2D eigenvalue weighted by molar-refractivity contribution is 7.89. The predicted octanol–water partition coefficient (Wildman–Crippen LogP) is 0.332. The van der Waals surface area contributed by atoms with Crippen molar-refractivity contribution in [3.63, 3.8) is 0 Å². The van der Waals surface area contributed by atoms with Crippen LogP contribution in [0.2, 0.25) is 0 Å². The van der Waals surface area contributed by atoms with Crippen LogP contribution in [0.15, 0.2) is 0 Å². The molecule has 0 aliphatic heterocycles. The molecule has 0 radical (unpaired) electrons. The third-order valence-corrected chi connectivity index (χ3v) is 3.32. The summed E-state index contributed by atoms with van der Waals surface area (Å²) >= 11 is 0. The van der Waals surface area contributed by atoms with Crippen LogP contribution in [0.4, 0.5) is 0 Å². The summed E-state index contributed by atoms with van der Waals surface area (Å²) in [5.74, 6) is 0.136. The molecule has 0 aliphatic rings. The fourth-order valence-corrected chi connectivity index (χ4v) is 2.12. The van der Waals surface area contributed by atoms with E-state index in [-0.39, 0.29) is 5.75 Å². The molecule has 6 heteroatoms. The van der Waals surface area contributed by atoms with Gasteiger partial charge in [0.05, 0.1) is 5.75 Å². The second-order valence-corrected chi connectivity index (χ2v) is 5.46. The van der Waals surface area contributed by atoms with E-state index < -0.39 is 10.0 Å². The lowest BCUT2D eigenvalue weighted by Gasteiger charge is -2.07. The molecule has 0 aromatic rings. The van der Waals surface area contributed by atoms with Crippen molar-refractivity contribution in [2.24, 2.45) is 0 Å². The minimum atomic E-state index is -3.11. The van der Waals surface area contributed by atoms with Gasteiger partial charge >= 0.3 is 0 Å². The molecule has 0 bridgehead atoms. The molecule has 2 N–H and O–H groups in total. The van der Waals surface area contributed by atoms with Crippen molar-refractivity contribution in [3.8, 4) is 0 Å². The van der Waals surface area contributed by atoms with E-state index in [0.717, 1.165) is 26.0 Å². The third kappa shape index (κ3) is 10.4. The number of hydrogen-bond acceptors (Lipinski definition) is 4. The highest BCUT2D eigenvalue weighted by Crippen LogP contribution is 1.87. The Balaban J connectivity index is 3.43. The van der Waals surface area contributed by atoms with E-state index in [1.807, 2.05) is 13.8 Å². The van der Waals surface area contributed by atoms with Gasteiger partial charge in [-0.1, -0.05) is 13.8 Å². The monoisotopic (exact) mass is 252 g/mol. The van der Waals surface area contributed by atoms with Gasteiger partial charge in [-0.15, -0.1) is 0 Å². The molecule has 0 amide bonds. The van der Waals surface area contributed by atoms with Crippen LogP contribution in [0.5, 0.6) is 0 Å². The van der Waals surface area contributed by atoms with Crippen molar-refractivity contribution in [3.05, 3.63) is 0 Å². The van der Waals surface area contributed by atoms with Crippen LogP contribution in [0, 0.1) is 0 Å². The first-order chi connectivity index (χ1) is 7.62. The van der Waals surface area contributed by atoms with Gasteiger partial charge in [0.25, 0.3) is 0 Å². The Bertz CT molecular complexity index is 242. The normalized spacial score (nSPS) is 11.9. The summed E-state index contributed by atoms with van der Waals surface area (Å²) < 4.78 is 30.6. The third-order valence-electron chi connectivity index (χ3n) is 1.93. The lowest BCUT2D eigenvalue weighted by molar-refractivity contribution is 0.133. The summed E-state index contributed by atoms with van der Waals surface area (Å²) in [6.07, 6.45) is 1.72. The number of nitrogens with one attached hydrogen (secondary N) is 2. The highest BCUT2D eigenvalue weighted by Gasteiger charge is 2.07. The van der Waals surface area contributed by atoms with Gasteiger partial charge in [0.1, 0.15) is 0 Å². The van der Waals surface area contributed by atoms with Crippen LogP contribution in [0.3, 0.4) is 0 Å². The molecule has 0 aliphatic carbocycles. The number of sulfonamides is 1. The summed E-state index contributed by atoms with van der Waals surface area (Å²) in [6, 6.07) is 0. The van der Waals surface area contributed by atoms with Crippen molar-refractivity contribution in [1.29, 1.82) is 0 Å². The first-order valence-corrected chi connectivity index (χ1v) is 7.53. The van der Waals surface area contributed by atoms with E-state index in [0.29, 0.717) is 19.7 Å². The van der Waals surface area contributed by atoms with Gasteiger partial charge in [-0.25, -0.2) is 13.1 Å². The fourth-order valence-electron chi connectivity index (χ4n) is 1.10. The van der Waals surface area contributed by atoms with E-state index in [9.17, 15) is 8.42 Å². The quantitative estimate of drug-likeness (QED) is 0.520. The predicted molar refractivity (Wildman–Crippen MR) is 66.1 cm³/mol. The minimum absolute atomic E-state index is 0.136. The van der Waals surface area contributed by atoms with Crippen molar-refractivity contribution in [1.82, 2.24) is 10.0 Å². The molecular formula is C10H24N2O3S. The Morgan fingerprint density at radius 2 is 1.88 bits per heavy atom. The molecule has 98 valence electrons. The fraction of sp³-hybridized carbons (Fsp3) is 1.00. The Hall–Kier alpha value is -0.170. The highest BCUT2D eigenvalue weighted by atomic mass is 32.2. The summed E-state index contributed by atoms with van der Waals surface area (Å²) in [4.78, 5) is 0. The van der Waals surface area contributed by atoms with Gasteiger partial charge in [0.15, 0.2) is 0 Å².